The van der Waals surface area contributed by atoms with Crippen molar-refractivity contribution in [2.75, 3.05) is 24.3 Å². The third kappa shape index (κ3) is 3.81. The monoisotopic (exact) mass is 372 g/mol. The quantitative estimate of drug-likeness (QED) is 0.768. The lowest BCUT2D eigenvalue weighted by molar-refractivity contribution is 1.10. The van der Waals surface area contributed by atoms with Crippen LogP contribution in [0.2, 0.25) is 10.0 Å². The fourth-order valence-corrected chi connectivity index (χ4v) is 2.73. The first-order valence-corrected chi connectivity index (χ1v) is 7.67. The summed E-state index contributed by atoms with van der Waals surface area (Å²) in [4.78, 5) is 2.07. The smallest absolute Gasteiger partial charge is 0.0597 e. The molecule has 0 saturated heterocycles. The van der Waals surface area contributed by atoms with Crippen LogP contribution in [0.5, 0.6) is 0 Å². The van der Waals surface area contributed by atoms with Gasteiger partial charge in [-0.2, -0.15) is 0 Å². The summed E-state index contributed by atoms with van der Waals surface area (Å²) >= 11 is 15.6. The molecule has 0 unspecified atom stereocenters. The summed E-state index contributed by atoms with van der Waals surface area (Å²) in [6, 6.07) is 11.7. The Balaban J connectivity index is 2.20. The van der Waals surface area contributed by atoms with E-state index < -0.39 is 0 Å². The minimum atomic E-state index is 0.646. The molecule has 2 nitrogen and oxygen atoms in total. The Morgan fingerprint density at radius 2 is 1.85 bits per heavy atom. The Labute approximate surface area is 137 Å². The molecular formula is C15H15BrCl2N2. The number of hydrogen-bond acceptors (Lipinski definition) is 2. The zero-order chi connectivity index (χ0) is 14.7. The number of halogens is 3. The number of benzene rings is 2. The van der Waals surface area contributed by atoms with E-state index in [-0.39, 0.29) is 0 Å². The largest absolute Gasteiger partial charge is 0.379 e. The summed E-state index contributed by atoms with van der Waals surface area (Å²) < 4.78 is 1.04. The molecule has 0 amide bonds. The molecule has 0 radical (unpaired) electrons. The van der Waals surface area contributed by atoms with E-state index in [9.17, 15) is 0 Å². The maximum absolute atomic E-state index is 6.19. The van der Waals surface area contributed by atoms with Gasteiger partial charge in [0.25, 0.3) is 0 Å². The molecule has 2 aromatic rings. The van der Waals surface area contributed by atoms with Gasteiger partial charge in [0.2, 0.25) is 0 Å². The highest BCUT2D eigenvalue weighted by atomic mass is 79.9. The maximum Gasteiger partial charge on any atom is 0.0597 e. The molecule has 20 heavy (non-hydrogen) atoms. The van der Waals surface area contributed by atoms with E-state index >= 15 is 0 Å². The zero-order valence-corrected chi connectivity index (χ0v) is 14.4. The van der Waals surface area contributed by atoms with Crippen LogP contribution >= 0.6 is 39.1 Å². The van der Waals surface area contributed by atoms with E-state index in [4.69, 9.17) is 23.2 Å². The van der Waals surface area contributed by atoms with Crippen LogP contribution in [0.15, 0.2) is 40.9 Å². The lowest BCUT2D eigenvalue weighted by atomic mass is 10.2. The Bertz CT molecular complexity index is 615. The lowest BCUT2D eigenvalue weighted by Crippen LogP contribution is -2.12. The lowest BCUT2D eigenvalue weighted by Gasteiger charge is -2.19. The van der Waals surface area contributed by atoms with Crippen LogP contribution in [0, 0.1) is 0 Å². The van der Waals surface area contributed by atoms with Gasteiger partial charge in [-0.05, 0) is 35.9 Å². The average molecular weight is 374 g/mol. The molecule has 0 heterocycles. The Morgan fingerprint density at radius 3 is 2.50 bits per heavy atom. The highest BCUT2D eigenvalue weighted by Crippen LogP contribution is 2.29. The van der Waals surface area contributed by atoms with E-state index in [1.165, 1.54) is 0 Å². The maximum atomic E-state index is 6.19. The average Bonchev–Trinajstić information content (AvgIpc) is 2.37. The van der Waals surface area contributed by atoms with Gasteiger partial charge in [0, 0.05) is 35.2 Å². The summed E-state index contributed by atoms with van der Waals surface area (Å²) in [5, 5.41) is 4.73. The van der Waals surface area contributed by atoms with Crippen molar-refractivity contribution in [3.63, 3.8) is 0 Å². The van der Waals surface area contributed by atoms with Gasteiger partial charge in [-0.1, -0.05) is 45.2 Å². The highest BCUT2D eigenvalue weighted by molar-refractivity contribution is 9.10. The van der Waals surface area contributed by atoms with Gasteiger partial charge >= 0.3 is 0 Å². The fourth-order valence-electron chi connectivity index (χ4n) is 1.90. The van der Waals surface area contributed by atoms with Crippen LogP contribution in [-0.4, -0.2) is 14.1 Å². The normalized spacial score (nSPS) is 10.4. The van der Waals surface area contributed by atoms with Gasteiger partial charge in [0.1, 0.15) is 0 Å². The minimum absolute atomic E-state index is 0.646. The Morgan fingerprint density at radius 1 is 1.10 bits per heavy atom. The van der Waals surface area contributed by atoms with Gasteiger partial charge in [-0.3, -0.25) is 0 Å². The van der Waals surface area contributed by atoms with Crippen LogP contribution < -0.4 is 10.2 Å². The minimum Gasteiger partial charge on any atom is -0.379 e. The second-order valence-electron chi connectivity index (χ2n) is 4.65. The molecule has 0 atom stereocenters. The Kier molecular flexibility index (Phi) is 5.19. The van der Waals surface area contributed by atoms with E-state index in [1.54, 1.807) is 6.07 Å². The SMILES string of the molecule is CN(C)c1ccc(Br)cc1NCc1ccc(Cl)cc1Cl. The fraction of sp³-hybridized carbons (Fsp3) is 0.200. The molecule has 0 aliphatic carbocycles. The molecule has 0 spiro atoms. The van der Waals surface area contributed by atoms with Gasteiger partial charge in [-0.15, -0.1) is 0 Å². The topological polar surface area (TPSA) is 15.3 Å². The van der Waals surface area contributed by atoms with Crippen LogP contribution in [0.3, 0.4) is 0 Å². The van der Waals surface area contributed by atoms with Gasteiger partial charge in [-0.25, -0.2) is 0 Å². The van der Waals surface area contributed by atoms with Crippen molar-refractivity contribution < 1.29 is 0 Å². The number of hydrogen-bond donors (Lipinski definition) is 1. The molecule has 0 saturated carbocycles. The van der Waals surface area contributed by atoms with Crippen molar-refractivity contribution in [1.82, 2.24) is 0 Å². The zero-order valence-electron chi connectivity index (χ0n) is 11.3. The molecule has 0 aliphatic rings. The van der Waals surface area contributed by atoms with Crippen LogP contribution in [0.4, 0.5) is 11.4 Å². The molecule has 0 aliphatic heterocycles. The van der Waals surface area contributed by atoms with E-state index in [1.807, 2.05) is 32.3 Å². The molecule has 2 aromatic carbocycles. The van der Waals surface area contributed by atoms with Crippen molar-refractivity contribution in [1.29, 1.82) is 0 Å². The first-order chi connectivity index (χ1) is 9.47. The second-order valence-corrected chi connectivity index (χ2v) is 6.40. The van der Waals surface area contributed by atoms with Gasteiger partial charge in [0.05, 0.1) is 11.4 Å². The molecule has 5 heteroatoms. The summed E-state index contributed by atoms with van der Waals surface area (Å²) in [6.45, 7) is 0.646. The summed E-state index contributed by atoms with van der Waals surface area (Å²) in [5.74, 6) is 0. The number of nitrogens with one attached hydrogen (secondary N) is 1. The molecule has 0 aromatic heterocycles. The summed E-state index contributed by atoms with van der Waals surface area (Å²) in [5.41, 5.74) is 3.19. The summed E-state index contributed by atoms with van der Waals surface area (Å²) in [7, 11) is 4.04. The van der Waals surface area contributed by atoms with Crippen molar-refractivity contribution in [3.8, 4) is 0 Å². The number of anilines is 2. The van der Waals surface area contributed by atoms with Crippen LogP contribution in [0.1, 0.15) is 5.56 Å². The number of rotatable bonds is 4. The first kappa shape index (κ1) is 15.5. The molecule has 106 valence electrons. The predicted molar refractivity (Wildman–Crippen MR) is 92.3 cm³/mol. The van der Waals surface area contributed by atoms with Gasteiger partial charge < -0.3 is 10.2 Å². The third-order valence-corrected chi connectivity index (χ3v) is 4.01. The number of nitrogens with zero attached hydrogens (tertiary/aromatic N) is 1. The molecule has 1 N–H and O–H groups in total. The summed E-state index contributed by atoms with van der Waals surface area (Å²) in [6.07, 6.45) is 0. The molecule has 0 fully saturated rings. The van der Waals surface area contributed by atoms with Crippen molar-refractivity contribution in [2.45, 2.75) is 6.54 Å². The van der Waals surface area contributed by atoms with Crippen molar-refractivity contribution in [3.05, 3.63) is 56.5 Å². The van der Waals surface area contributed by atoms with E-state index in [2.05, 4.69) is 38.3 Å². The van der Waals surface area contributed by atoms with E-state index in [0.29, 0.717) is 16.6 Å². The van der Waals surface area contributed by atoms with Crippen LogP contribution in [0.25, 0.3) is 0 Å². The highest BCUT2D eigenvalue weighted by Gasteiger charge is 2.07. The third-order valence-electron chi connectivity index (χ3n) is 2.92. The van der Waals surface area contributed by atoms with Crippen molar-refractivity contribution >= 4 is 50.5 Å². The van der Waals surface area contributed by atoms with Crippen molar-refractivity contribution in [2.24, 2.45) is 0 Å². The molecule has 2 rings (SSSR count). The predicted octanol–water partition coefficient (Wildman–Crippen LogP) is 5.43. The first-order valence-electron chi connectivity index (χ1n) is 6.12. The standard InChI is InChI=1S/C15H15BrCl2N2/c1-20(2)15-6-4-11(16)7-14(15)19-9-10-3-5-12(17)8-13(10)18/h3-8,19H,9H2,1-2H3. The van der Waals surface area contributed by atoms with E-state index in [0.717, 1.165) is 21.4 Å². The Hall–Kier alpha value is -0.900. The molecular weight excluding hydrogens is 359 g/mol. The van der Waals surface area contributed by atoms with Crippen LogP contribution in [-0.2, 0) is 6.54 Å². The second kappa shape index (κ2) is 6.70. The van der Waals surface area contributed by atoms with Gasteiger partial charge in [0.15, 0.2) is 0 Å². The molecule has 0 bridgehead atoms.